The lowest BCUT2D eigenvalue weighted by Crippen LogP contribution is -2.62. The van der Waals surface area contributed by atoms with Crippen LogP contribution in [-0.4, -0.2) is 39.5 Å². The lowest BCUT2D eigenvalue weighted by atomic mass is 9.79. The monoisotopic (exact) mass is 359 g/mol. The van der Waals surface area contributed by atoms with Gasteiger partial charge in [-0.3, -0.25) is 4.99 Å². The van der Waals surface area contributed by atoms with E-state index in [-0.39, 0.29) is 11.1 Å². The zero-order chi connectivity index (χ0) is 18.1. The second-order valence-electron chi connectivity index (χ2n) is 8.88. The van der Waals surface area contributed by atoms with Crippen LogP contribution in [-0.2, 0) is 6.54 Å². The van der Waals surface area contributed by atoms with Gasteiger partial charge in [0.2, 0.25) is 0 Å². The van der Waals surface area contributed by atoms with E-state index in [4.69, 9.17) is 4.99 Å². The molecule has 2 heterocycles. The first-order valence-electron chi connectivity index (χ1n) is 9.54. The van der Waals surface area contributed by atoms with Crippen molar-refractivity contribution in [3.05, 3.63) is 35.4 Å². The number of hydrogen-bond acceptors (Lipinski definition) is 4. The average molecular weight is 360 g/mol. The van der Waals surface area contributed by atoms with E-state index in [9.17, 15) is 0 Å². The fourth-order valence-electron chi connectivity index (χ4n) is 4.43. The molecule has 4 heteroatoms. The second kappa shape index (κ2) is 7.32. The van der Waals surface area contributed by atoms with Crippen LogP contribution in [0.2, 0.25) is 0 Å². The van der Waals surface area contributed by atoms with Crippen LogP contribution in [0.25, 0.3) is 0 Å². The summed E-state index contributed by atoms with van der Waals surface area (Å²) in [5, 5.41) is 5.08. The van der Waals surface area contributed by atoms with E-state index in [1.54, 1.807) is 0 Å². The molecule has 1 saturated heterocycles. The number of aryl methyl sites for hydroxylation is 1. The number of aliphatic imine (C=N–C) groups is 1. The number of piperidine rings is 1. The Labute approximate surface area is 157 Å². The topological polar surface area (TPSA) is 27.6 Å². The van der Waals surface area contributed by atoms with Crippen LogP contribution < -0.4 is 5.32 Å². The Morgan fingerprint density at radius 1 is 1.16 bits per heavy atom. The van der Waals surface area contributed by atoms with E-state index in [2.05, 4.69) is 69.1 Å². The minimum atomic E-state index is 0.149. The number of nitrogens with zero attached hydrogens (tertiary/aromatic N) is 2. The van der Waals surface area contributed by atoms with E-state index in [0.717, 1.165) is 25.9 Å². The van der Waals surface area contributed by atoms with Crippen molar-refractivity contribution in [3.8, 4) is 0 Å². The van der Waals surface area contributed by atoms with E-state index >= 15 is 0 Å². The molecule has 0 saturated carbocycles. The van der Waals surface area contributed by atoms with Gasteiger partial charge >= 0.3 is 0 Å². The molecule has 1 N–H and O–H groups in total. The molecule has 0 radical (unpaired) electrons. The molecule has 0 aliphatic carbocycles. The zero-order valence-corrected chi connectivity index (χ0v) is 17.2. The fraction of sp³-hybridized carbons (Fsp3) is 0.667. The standard InChI is InChI=1S/C21H33N3S/c1-16-9-6-7-10-17(16)15-24(19-22-11-8-12-25-19)18-13-20(2,3)23-21(4,5)14-18/h6-7,9-10,18,23H,8,11-15H2,1-5H3. The predicted molar refractivity (Wildman–Crippen MR) is 110 cm³/mol. The Morgan fingerprint density at radius 2 is 1.84 bits per heavy atom. The first kappa shape index (κ1) is 18.8. The summed E-state index contributed by atoms with van der Waals surface area (Å²) in [4.78, 5) is 7.52. The molecule has 1 aromatic rings. The van der Waals surface area contributed by atoms with Gasteiger partial charge in [-0.2, -0.15) is 0 Å². The van der Waals surface area contributed by atoms with Crippen LogP contribution in [0, 0.1) is 6.92 Å². The van der Waals surface area contributed by atoms with Crippen molar-refractivity contribution in [1.82, 2.24) is 10.2 Å². The van der Waals surface area contributed by atoms with E-state index < -0.39 is 0 Å². The van der Waals surface area contributed by atoms with Gasteiger partial charge in [-0.15, -0.1) is 0 Å². The summed E-state index contributed by atoms with van der Waals surface area (Å²) < 4.78 is 0. The van der Waals surface area contributed by atoms with Gasteiger partial charge < -0.3 is 10.2 Å². The Morgan fingerprint density at radius 3 is 2.44 bits per heavy atom. The predicted octanol–water partition coefficient (Wildman–Crippen LogP) is 4.60. The molecule has 2 aliphatic rings. The quantitative estimate of drug-likeness (QED) is 0.855. The highest BCUT2D eigenvalue weighted by molar-refractivity contribution is 8.13. The van der Waals surface area contributed by atoms with Gasteiger partial charge in [0.15, 0.2) is 5.17 Å². The molecule has 0 unspecified atom stereocenters. The second-order valence-corrected chi connectivity index (χ2v) is 9.94. The molecule has 1 aromatic carbocycles. The Kier molecular flexibility index (Phi) is 5.50. The largest absolute Gasteiger partial charge is 0.344 e. The molecule has 1 fully saturated rings. The molecule has 0 aromatic heterocycles. The van der Waals surface area contributed by atoms with Crippen molar-refractivity contribution < 1.29 is 0 Å². The highest BCUT2D eigenvalue weighted by Gasteiger charge is 2.41. The van der Waals surface area contributed by atoms with E-state index in [0.29, 0.717) is 6.04 Å². The minimum absolute atomic E-state index is 0.149. The van der Waals surface area contributed by atoms with Gasteiger partial charge in [-0.25, -0.2) is 0 Å². The number of rotatable bonds is 3. The summed E-state index contributed by atoms with van der Waals surface area (Å²) in [6, 6.07) is 9.31. The van der Waals surface area contributed by atoms with Crippen molar-refractivity contribution in [3.63, 3.8) is 0 Å². The van der Waals surface area contributed by atoms with Crippen LogP contribution in [0.5, 0.6) is 0 Å². The summed E-state index contributed by atoms with van der Waals surface area (Å²) >= 11 is 1.95. The van der Waals surface area contributed by atoms with Crippen LogP contribution in [0.3, 0.4) is 0 Å². The summed E-state index contributed by atoms with van der Waals surface area (Å²) in [6.45, 7) is 13.5. The van der Waals surface area contributed by atoms with Crippen LogP contribution >= 0.6 is 11.8 Å². The van der Waals surface area contributed by atoms with Crippen LogP contribution in [0.1, 0.15) is 58.1 Å². The van der Waals surface area contributed by atoms with Crippen LogP contribution in [0.4, 0.5) is 0 Å². The SMILES string of the molecule is Cc1ccccc1CN(C1=NCCCS1)C1CC(C)(C)NC(C)(C)C1. The third-order valence-electron chi connectivity index (χ3n) is 5.24. The van der Waals surface area contributed by atoms with Gasteiger partial charge in [0, 0.05) is 36.0 Å². The van der Waals surface area contributed by atoms with Crippen molar-refractivity contribution in [1.29, 1.82) is 0 Å². The summed E-state index contributed by atoms with van der Waals surface area (Å²) in [5.74, 6) is 1.20. The molecule has 3 rings (SSSR count). The van der Waals surface area contributed by atoms with Crippen molar-refractivity contribution in [2.75, 3.05) is 12.3 Å². The Bertz CT molecular complexity index is 620. The molecule has 0 atom stereocenters. The first-order chi connectivity index (χ1) is 11.8. The number of benzene rings is 1. The van der Waals surface area contributed by atoms with E-state index in [1.807, 2.05) is 11.8 Å². The van der Waals surface area contributed by atoms with Gasteiger partial charge in [0.1, 0.15) is 0 Å². The summed E-state index contributed by atoms with van der Waals surface area (Å²) in [7, 11) is 0. The smallest absolute Gasteiger partial charge is 0.159 e. The highest BCUT2D eigenvalue weighted by atomic mass is 32.2. The van der Waals surface area contributed by atoms with Gasteiger partial charge in [0.05, 0.1) is 0 Å². The molecule has 25 heavy (non-hydrogen) atoms. The van der Waals surface area contributed by atoms with E-state index in [1.165, 1.54) is 28.5 Å². The zero-order valence-electron chi connectivity index (χ0n) is 16.4. The van der Waals surface area contributed by atoms with Crippen molar-refractivity contribution >= 4 is 16.9 Å². The number of thioether (sulfide) groups is 1. The molecule has 3 nitrogen and oxygen atoms in total. The van der Waals surface area contributed by atoms with Gasteiger partial charge in [-0.05, 0) is 65.0 Å². The summed E-state index contributed by atoms with van der Waals surface area (Å²) in [5.41, 5.74) is 3.10. The Hall–Kier alpha value is -1.000. The van der Waals surface area contributed by atoms with Crippen LogP contribution in [0.15, 0.2) is 29.3 Å². The lowest BCUT2D eigenvalue weighted by Gasteiger charge is -2.50. The highest BCUT2D eigenvalue weighted by Crippen LogP contribution is 2.34. The minimum Gasteiger partial charge on any atom is -0.344 e. The lowest BCUT2D eigenvalue weighted by molar-refractivity contribution is 0.101. The fourth-order valence-corrected chi connectivity index (χ4v) is 5.45. The first-order valence-corrected chi connectivity index (χ1v) is 10.5. The molecule has 0 amide bonds. The van der Waals surface area contributed by atoms with Gasteiger partial charge in [-0.1, -0.05) is 36.0 Å². The molecule has 0 bridgehead atoms. The molecular weight excluding hydrogens is 326 g/mol. The Balaban J connectivity index is 1.90. The number of amidine groups is 1. The molecule has 2 aliphatic heterocycles. The van der Waals surface area contributed by atoms with Gasteiger partial charge in [0.25, 0.3) is 0 Å². The molecule has 0 spiro atoms. The maximum absolute atomic E-state index is 4.91. The van der Waals surface area contributed by atoms with Crippen molar-refractivity contribution in [2.45, 2.75) is 77.5 Å². The number of nitrogens with one attached hydrogen (secondary N) is 1. The molecule has 138 valence electrons. The third-order valence-corrected chi connectivity index (χ3v) is 6.35. The summed E-state index contributed by atoms with van der Waals surface area (Å²) in [6.07, 6.45) is 3.51. The van der Waals surface area contributed by atoms with Crippen molar-refractivity contribution in [2.24, 2.45) is 4.99 Å². The average Bonchev–Trinajstić information content (AvgIpc) is 2.52. The molecular formula is C21H33N3S. The maximum Gasteiger partial charge on any atom is 0.159 e. The third kappa shape index (κ3) is 4.79. The maximum atomic E-state index is 4.91. The number of hydrogen-bond donors (Lipinski definition) is 1. The normalized spacial score (nSPS) is 23.2.